The predicted octanol–water partition coefficient (Wildman–Crippen LogP) is 2.73. The van der Waals surface area contributed by atoms with Crippen molar-refractivity contribution in [3.8, 4) is 0 Å². The number of nitrogens with one attached hydrogen (secondary N) is 2. The molecule has 1 fully saturated rings. The second-order valence-electron chi connectivity index (χ2n) is 8.13. The molecule has 0 radical (unpaired) electrons. The molecule has 31 heavy (non-hydrogen) atoms. The molecule has 1 unspecified atom stereocenters. The normalized spacial score (nSPS) is 16.5. The maximum Gasteiger partial charge on any atom is 0.191 e. The first-order chi connectivity index (χ1) is 15.2. The average Bonchev–Trinajstić information content (AvgIpc) is 3.27. The Labute approximate surface area is 186 Å². The van der Waals surface area contributed by atoms with Gasteiger partial charge in [0, 0.05) is 51.0 Å². The van der Waals surface area contributed by atoms with E-state index in [9.17, 15) is 0 Å². The van der Waals surface area contributed by atoms with E-state index in [1.807, 2.05) is 24.0 Å². The number of ether oxygens (including phenoxy) is 1. The number of guanidine groups is 1. The summed E-state index contributed by atoms with van der Waals surface area (Å²) in [5.74, 6) is 1.50. The van der Waals surface area contributed by atoms with Crippen LogP contribution in [0.3, 0.4) is 0 Å². The molecule has 2 heterocycles. The molecule has 170 valence electrons. The molecular weight excluding hydrogens is 388 g/mol. The molecule has 1 aliphatic heterocycles. The zero-order chi connectivity index (χ0) is 21.9. The number of rotatable bonds is 10. The lowest BCUT2D eigenvalue weighted by Crippen LogP contribution is -2.53. The first kappa shape index (κ1) is 23.3. The largest absolute Gasteiger partial charge is 0.379 e. The van der Waals surface area contributed by atoms with Gasteiger partial charge in [-0.25, -0.2) is 0 Å². The quantitative estimate of drug-likeness (QED) is 0.452. The van der Waals surface area contributed by atoms with Gasteiger partial charge >= 0.3 is 0 Å². The average molecular weight is 427 g/mol. The zero-order valence-electron chi connectivity index (χ0n) is 19.3. The summed E-state index contributed by atoms with van der Waals surface area (Å²) in [7, 11) is 1.83. The van der Waals surface area contributed by atoms with E-state index in [1.54, 1.807) is 0 Å². The van der Waals surface area contributed by atoms with E-state index >= 15 is 0 Å². The van der Waals surface area contributed by atoms with Crippen molar-refractivity contribution in [2.24, 2.45) is 10.9 Å². The fourth-order valence-electron chi connectivity index (χ4n) is 4.30. The van der Waals surface area contributed by atoms with Crippen LogP contribution in [0.15, 0.2) is 47.7 Å². The molecular formula is C24H38N6O. The maximum absolute atomic E-state index is 5.56. The molecule has 2 N–H and O–H groups in total. The highest BCUT2D eigenvalue weighted by Gasteiger charge is 2.27. The van der Waals surface area contributed by atoms with Gasteiger partial charge < -0.3 is 15.4 Å². The van der Waals surface area contributed by atoms with E-state index in [0.29, 0.717) is 18.5 Å². The molecule has 1 aromatic heterocycles. The molecule has 7 nitrogen and oxygen atoms in total. The van der Waals surface area contributed by atoms with Crippen LogP contribution < -0.4 is 10.6 Å². The highest BCUT2D eigenvalue weighted by atomic mass is 16.5. The Balaban J connectivity index is 1.51. The van der Waals surface area contributed by atoms with Crippen molar-refractivity contribution < 1.29 is 4.74 Å². The maximum atomic E-state index is 5.56. The molecule has 7 heteroatoms. The number of aromatic nitrogens is 2. The molecule has 1 atom stereocenters. The Morgan fingerprint density at radius 1 is 1.10 bits per heavy atom. The molecule has 1 saturated heterocycles. The SMILES string of the molecule is CCC(CC)C(CNC(=NC)NCc1cnn(Cc2ccccc2)c1)N1CCOCC1. The van der Waals surface area contributed by atoms with Crippen LogP contribution in [0, 0.1) is 5.92 Å². The van der Waals surface area contributed by atoms with Gasteiger partial charge in [-0.05, 0) is 11.5 Å². The van der Waals surface area contributed by atoms with E-state index in [0.717, 1.165) is 50.9 Å². The Morgan fingerprint density at radius 2 is 1.84 bits per heavy atom. The van der Waals surface area contributed by atoms with Gasteiger partial charge in [0.15, 0.2) is 5.96 Å². The van der Waals surface area contributed by atoms with Crippen molar-refractivity contribution in [1.29, 1.82) is 0 Å². The van der Waals surface area contributed by atoms with Gasteiger partial charge in [0.2, 0.25) is 0 Å². The van der Waals surface area contributed by atoms with Crippen molar-refractivity contribution in [3.05, 3.63) is 53.9 Å². The minimum atomic E-state index is 0.492. The molecule has 0 saturated carbocycles. The lowest BCUT2D eigenvalue weighted by atomic mass is 9.92. The first-order valence-electron chi connectivity index (χ1n) is 11.5. The van der Waals surface area contributed by atoms with Crippen molar-refractivity contribution in [3.63, 3.8) is 0 Å². The van der Waals surface area contributed by atoms with E-state index in [4.69, 9.17) is 4.74 Å². The third-order valence-corrected chi connectivity index (χ3v) is 6.14. The van der Waals surface area contributed by atoms with Gasteiger partial charge in [0.1, 0.15) is 0 Å². The molecule has 1 aliphatic rings. The summed E-state index contributed by atoms with van der Waals surface area (Å²) in [6.07, 6.45) is 6.39. The van der Waals surface area contributed by atoms with Crippen LogP contribution in [-0.4, -0.2) is 66.6 Å². The summed E-state index contributed by atoms with van der Waals surface area (Å²) >= 11 is 0. The predicted molar refractivity (Wildman–Crippen MR) is 126 cm³/mol. The number of nitrogens with zero attached hydrogens (tertiary/aromatic N) is 4. The summed E-state index contributed by atoms with van der Waals surface area (Å²) in [5.41, 5.74) is 2.39. The standard InChI is InChI=1S/C24H38N6O/c1-4-22(5-2)23(29-11-13-31-14-12-29)17-27-24(25-3)26-15-21-16-28-30(19-21)18-20-9-7-6-8-10-20/h6-10,16,19,22-23H,4-5,11-15,17-18H2,1-3H3,(H2,25,26,27). The zero-order valence-corrected chi connectivity index (χ0v) is 19.3. The Hall–Kier alpha value is -2.38. The summed E-state index contributed by atoms with van der Waals surface area (Å²) < 4.78 is 7.54. The van der Waals surface area contributed by atoms with Gasteiger partial charge in [0.25, 0.3) is 0 Å². The number of benzene rings is 1. The summed E-state index contributed by atoms with van der Waals surface area (Å²) in [4.78, 5) is 7.01. The van der Waals surface area contributed by atoms with E-state index in [2.05, 4.69) is 69.9 Å². The van der Waals surface area contributed by atoms with Gasteiger partial charge in [-0.1, -0.05) is 57.0 Å². The molecule has 0 spiro atoms. The molecule has 0 amide bonds. The Kier molecular flexibility index (Phi) is 9.37. The van der Waals surface area contributed by atoms with E-state index in [1.165, 1.54) is 18.4 Å². The smallest absolute Gasteiger partial charge is 0.191 e. The van der Waals surface area contributed by atoms with Crippen molar-refractivity contribution in [2.45, 2.75) is 45.8 Å². The Bertz CT molecular complexity index is 780. The van der Waals surface area contributed by atoms with Gasteiger partial charge in [0.05, 0.1) is 26.0 Å². The molecule has 0 bridgehead atoms. The van der Waals surface area contributed by atoms with Gasteiger partial charge in [-0.2, -0.15) is 5.10 Å². The monoisotopic (exact) mass is 426 g/mol. The highest BCUT2D eigenvalue weighted by molar-refractivity contribution is 5.79. The van der Waals surface area contributed by atoms with E-state index < -0.39 is 0 Å². The second kappa shape index (κ2) is 12.5. The Morgan fingerprint density at radius 3 is 2.52 bits per heavy atom. The number of morpholine rings is 1. The minimum Gasteiger partial charge on any atom is -0.379 e. The summed E-state index contributed by atoms with van der Waals surface area (Å²) in [5, 5.41) is 11.5. The molecule has 2 aromatic rings. The van der Waals surface area contributed by atoms with E-state index in [-0.39, 0.29) is 0 Å². The fraction of sp³-hybridized carbons (Fsp3) is 0.583. The highest BCUT2D eigenvalue weighted by Crippen LogP contribution is 2.19. The van der Waals surface area contributed by atoms with Crippen LogP contribution in [0.2, 0.25) is 0 Å². The van der Waals surface area contributed by atoms with Crippen LogP contribution in [0.25, 0.3) is 0 Å². The lowest BCUT2D eigenvalue weighted by molar-refractivity contribution is 0.00272. The first-order valence-corrected chi connectivity index (χ1v) is 11.5. The van der Waals surface area contributed by atoms with Gasteiger partial charge in [-0.3, -0.25) is 14.6 Å². The number of hydrogen-bond acceptors (Lipinski definition) is 4. The van der Waals surface area contributed by atoms with Crippen molar-refractivity contribution in [2.75, 3.05) is 39.9 Å². The van der Waals surface area contributed by atoms with Crippen LogP contribution in [0.5, 0.6) is 0 Å². The third kappa shape index (κ3) is 7.08. The fourth-order valence-corrected chi connectivity index (χ4v) is 4.30. The number of hydrogen-bond donors (Lipinski definition) is 2. The van der Waals surface area contributed by atoms with Crippen LogP contribution in [0.4, 0.5) is 0 Å². The number of aliphatic imine (C=N–C) groups is 1. The van der Waals surface area contributed by atoms with Crippen molar-refractivity contribution in [1.82, 2.24) is 25.3 Å². The van der Waals surface area contributed by atoms with Crippen LogP contribution in [0.1, 0.15) is 37.8 Å². The summed E-state index contributed by atoms with van der Waals surface area (Å²) in [6.45, 7) is 10.6. The van der Waals surface area contributed by atoms with Crippen LogP contribution >= 0.6 is 0 Å². The van der Waals surface area contributed by atoms with Gasteiger partial charge in [-0.15, -0.1) is 0 Å². The molecule has 0 aliphatic carbocycles. The molecule has 1 aromatic carbocycles. The third-order valence-electron chi connectivity index (χ3n) is 6.14. The van der Waals surface area contributed by atoms with Crippen LogP contribution in [-0.2, 0) is 17.8 Å². The topological polar surface area (TPSA) is 66.7 Å². The van der Waals surface area contributed by atoms with Crippen molar-refractivity contribution >= 4 is 5.96 Å². The summed E-state index contributed by atoms with van der Waals surface area (Å²) in [6, 6.07) is 10.9. The lowest BCUT2D eigenvalue weighted by Gasteiger charge is -2.39. The molecule has 3 rings (SSSR count). The second-order valence-corrected chi connectivity index (χ2v) is 8.13. The minimum absolute atomic E-state index is 0.492.